The maximum absolute atomic E-state index is 3.72. The van der Waals surface area contributed by atoms with Gasteiger partial charge in [-0.05, 0) is 49.6 Å². The standard InChI is InChI=1S/C18H29N/c1-15(2)7-6-10-17(14-19-18-11-12-18)13-16-8-4-3-5-9-16/h3-5,8-9,15,17-19H,6-7,10-14H2,1-2H3. The molecule has 2 rings (SSSR count). The van der Waals surface area contributed by atoms with E-state index in [0.29, 0.717) is 0 Å². The summed E-state index contributed by atoms with van der Waals surface area (Å²) in [7, 11) is 0. The molecular weight excluding hydrogens is 230 g/mol. The van der Waals surface area contributed by atoms with Crippen LogP contribution >= 0.6 is 0 Å². The van der Waals surface area contributed by atoms with Crippen LogP contribution in [0.5, 0.6) is 0 Å². The maximum atomic E-state index is 3.72. The van der Waals surface area contributed by atoms with Crippen molar-refractivity contribution in [2.75, 3.05) is 6.54 Å². The largest absolute Gasteiger partial charge is 0.314 e. The zero-order chi connectivity index (χ0) is 13.5. The molecule has 1 aromatic carbocycles. The molecule has 1 fully saturated rings. The monoisotopic (exact) mass is 259 g/mol. The van der Waals surface area contributed by atoms with Gasteiger partial charge in [0.1, 0.15) is 0 Å². The van der Waals surface area contributed by atoms with Crippen molar-refractivity contribution < 1.29 is 0 Å². The van der Waals surface area contributed by atoms with Gasteiger partial charge < -0.3 is 5.32 Å². The highest BCUT2D eigenvalue weighted by atomic mass is 14.9. The van der Waals surface area contributed by atoms with Crippen molar-refractivity contribution in [1.82, 2.24) is 5.32 Å². The normalized spacial score (nSPS) is 16.8. The molecule has 0 heterocycles. The first-order valence-electron chi connectivity index (χ1n) is 8.01. The summed E-state index contributed by atoms with van der Waals surface area (Å²) in [5, 5.41) is 3.72. The van der Waals surface area contributed by atoms with Gasteiger partial charge in [0.05, 0.1) is 0 Å². The molecule has 0 bridgehead atoms. The fraction of sp³-hybridized carbons (Fsp3) is 0.667. The van der Waals surface area contributed by atoms with Crippen LogP contribution in [0.1, 0.15) is 51.5 Å². The SMILES string of the molecule is CC(C)CCCC(CNC1CC1)Cc1ccccc1. The topological polar surface area (TPSA) is 12.0 Å². The second kappa shape index (κ2) is 7.69. The predicted octanol–water partition coefficient (Wildman–Crippen LogP) is 4.42. The van der Waals surface area contributed by atoms with Crippen molar-refractivity contribution in [2.45, 2.75) is 58.4 Å². The molecule has 0 radical (unpaired) electrons. The second-order valence-electron chi connectivity index (χ2n) is 6.56. The second-order valence-corrected chi connectivity index (χ2v) is 6.56. The van der Waals surface area contributed by atoms with Gasteiger partial charge in [-0.2, -0.15) is 0 Å². The van der Waals surface area contributed by atoms with Crippen molar-refractivity contribution in [3.05, 3.63) is 35.9 Å². The summed E-state index contributed by atoms with van der Waals surface area (Å²) < 4.78 is 0. The van der Waals surface area contributed by atoms with Gasteiger partial charge in [0.15, 0.2) is 0 Å². The van der Waals surface area contributed by atoms with E-state index < -0.39 is 0 Å². The average Bonchev–Trinajstić information content (AvgIpc) is 3.20. The molecular formula is C18H29N. The van der Waals surface area contributed by atoms with Crippen LogP contribution in [-0.4, -0.2) is 12.6 Å². The van der Waals surface area contributed by atoms with Gasteiger partial charge in [-0.25, -0.2) is 0 Å². The highest BCUT2D eigenvalue weighted by molar-refractivity contribution is 5.15. The summed E-state index contributed by atoms with van der Waals surface area (Å²) in [6.45, 7) is 5.86. The molecule has 1 aliphatic rings. The quantitative estimate of drug-likeness (QED) is 0.692. The van der Waals surface area contributed by atoms with Crippen LogP contribution in [0.2, 0.25) is 0 Å². The Kier molecular flexibility index (Phi) is 5.91. The minimum atomic E-state index is 0.807. The molecule has 0 saturated heterocycles. The number of rotatable bonds is 9. The zero-order valence-electron chi connectivity index (χ0n) is 12.6. The van der Waals surface area contributed by atoms with Crippen molar-refractivity contribution in [3.63, 3.8) is 0 Å². The number of hydrogen-bond acceptors (Lipinski definition) is 1. The predicted molar refractivity (Wildman–Crippen MR) is 83.3 cm³/mol. The van der Waals surface area contributed by atoms with Crippen LogP contribution in [-0.2, 0) is 6.42 Å². The van der Waals surface area contributed by atoms with Gasteiger partial charge in [-0.1, -0.05) is 57.0 Å². The van der Waals surface area contributed by atoms with Crippen molar-refractivity contribution in [1.29, 1.82) is 0 Å². The van der Waals surface area contributed by atoms with Gasteiger partial charge in [0.2, 0.25) is 0 Å². The first kappa shape index (κ1) is 14.6. The molecule has 19 heavy (non-hydrogen) atoms. The minimum Gasteiger partial charge on any atom is -0.314 e. The van der Waals surface area contributed by atoms with Crippen LogP contribution < -0.4 is 5.32 Å². The van der Waals surface area contributed by atoms with Crippen molar-refractivity contribution in [2.24, 2.45) is 11.8 Å². The van der Waals surface area contributed by atoms with E-state index in [1.54, 1.807) is 0 Å². The van der Waals surface area contributed by atoms with Crippen LogP contribution in [0.15, 0.2) is 30.3 Å². The molecule has 1 heteroatoms. The van der Waals surface area contributed by atoms with Crippen molar-refractivity contribution >= 4 is 0 Å². The third kappa shape index (κ3) is 6.24. The fourth-order valence-electron chi connectivity index (χ4n) is 2.66. The van der Waals surface area contributed by atoms with Crippen LogP contribution in [0.25, 0.3) is 0 Å². The number of hydrogen-bond donors (Lipinski definition) is 1. The van der Waals surface area contributed by atoms with E-state index in [9.17, 15) is 0 Å². The Balaban J connectivity index is 1.77. The highest BCUT2D eigenvalue weighted by Crippen LogP contribution is 2.21. The molecule has 1 aromatic rings. The lowest BCUT2D eigenvalue weighted by atomic mass is 9.92. The summed E-state index contributed by atoms with van der Waals surface area (Å²) in [5.74, 6) is 1.65. The zero-order valence-corrected chi connectivity index (χ0v) is 12.6. The lowest BCUT2D eigenvalue weighted by Crippen LogP contribution is -2.26. The molecule has 0 spiro atoms. The lowest BCUT2D eigenvalue weighted by Gasteiger charge is -2.18. The van der Waals surface area contributed by atoms with Gasteiger partial charge in [0, 0.05) is 6.04 Å². The Labute approximate surface area is 118 Å². The molecule has 1 aliphatic carbocycles. The molecule has 0 aromatic heterocycles. The van der Waals surface area contributed by atoms with Crippen LogP contribution in [0, 0.1) is 11.8 Å². The minimum absolute atomic E-state index is 0.807. The van der Waals surface area contributed by atoms with Gasteiger partial charge >= 0.3 is 0 Å². The smallest absolute Gasteiger partial charge is 0.00683 e. The van der Waals surface area contributed by atoms with E-state index in [1.165, 1.54) is 50.6 Å². The van der Waals surface area contributed by atoms with E-state index in [2.05, 4.69) is 49.5 Å². The Morgan fingerprint density at radius 2 is 1.84 bits per heavy atom. The third-order valence-electron chi connectivity index (χ3n) is 4.03. The highest BCUT2D eigenvalue weighted by Gasteiger charge is 2.21. The molecule has 1 unspecified atom stereocenters. The van der Waals surface area contributed by atoms with Crippen LogP contribution in [0.3, 0.4) is 0 Å². The fourth-order valence-corrected chi connectivity index (χ4v) is 2.66. The first-order valence-corrected chi connectivity index (χ1v) is 8.01. The maximum Gasteiger partial charge on any atom is 0.00683 e. The summed E-state index contributed by atoms with van der Waals surface area (Å²) in [6, 6.07) is 11.8. The molecule has 0 aliphatic heterocycles. The van der Waals surface area contributed by atoms with E-state index >= 15 is 0 Å². The molecule has 106 valence electrons. The Bertz CT molecular complexity index is 340. The summed E-state index contributed by atoms with van der Waals surface area (Å²) in [4.78, 5) is 0. The van der Waals surface area contributed by atoms with E-state index in [0.717, 1.165) is 17.9 Å². The van der Waals surface area contributed by atoms with E-state index in [1.807, 2.05) is 0 Å². The molecule has 1 N–H and O–H groups in total. The van der Waals surface area contributed by atoms with Gasteiger partial charge in [0.25, 0.3) is 0 Å². The summed E-state index contributed by atoms with van der Waals surface area (Å²) in [6.07, 6.45) is 8.13. The Morgan fingerprint density at radius 1 is 1.11 bits per heavy atom. The lowest BCUT2D eigenvalue weighted by molar-refractivity contribution is 0.405. The summed E-state index contributed by atoms with van der Waals surface area (Å²) >= 11 is 0. The van der Waals surface area contributed by atoms with Gasteiger partial charge in [-0.15, -0.1) is 0 Å². The van der Waals surface area contributed by atoms with E-state index in [-0.39, 0.29) is 0 Å². The number of benzene rings is 1. The third-order valence-corrected chi connectivity index (χ3v) is 4.03. The molecule has 1 atom stereocenters. The van der Waals surface area contributed by atoms with Gasteiger partial charge in [-0.3, -0.25) is 0 Å². The molecule has 1 nitrogen and oxygen atoms in total. The Hall–Kier alpha value is -0.820. The summed E-state index contributed by atoms with van der Waals surface area (Å²) in [5.41, 5.74) is 1.50. The number of nitrogens with one attached hydrogen (secondary N) is 1. The van der Waals surface area contributed by atoms with Crippen molar-refractivity contribution in [3.8, 4) is 0 Å². The Morgan fingerprint density at radius 3 is 2.47 bits per heavy atom. The molecule has 0 amide bonds. The van der Waals surface area contributed by atoms with Crippen LogP contribution in [0.4, 0.5) is 0 Å². The van der Waals surface area contributed by atoms with E-state index in [4.69, 9.17) is 0 Å². The molecule has 1 saturated carbocycles. The average molecular weight is 259 g/mol. The first-order chi connectivity index (χ1) is 9.24.